The van der Waals surface area contributed by atoms with Crippen LogP contribution in [0.2, 0.25) is 0 Å². The maximum Gasteiger partial charge on any atom is 0.106 e. The zero-order chi connectivity index (χ0) is 9.73. The quantitative estimate of drug-likeness (QED) is 0.785. The molecular formula is C9H16N2OS. The van der Waals surface area contributed by atoms with Gasteiger partial charge in [-0.05, 0) is 13.8 Å². The largest absolute Gasteiger partial charge is 0.377 e. The van der Waals surface area contributed by atoms with Crippen LogP contribution in [-0.4, -0.2) is 24.2 Å². The lowest BCUT2D eigenvalue weighted by atomic mass is 10.1. The molecule has 0 atom stereocenters. The Kier molecular flexibility index (Phi) is 3.84. The molecule has 4 heteroatoms. The molecule has 0 spiro atoms. The van der Waals surface area contributed by atoms with Gasteiger partial charge in [-0.2, -0.15) is 0 Å². The van der Waals surface area contributed by atoms with Crippen LogP contribution in [0.1, 0.15) is 18.9 Å². The third-order valence-electron chi connectivity index (χ3n) is 1.86. The van der Waals surface area contributed by atoms with E-state index in [9.17, 15) is 0 Å². The van der Waals surface area contributed by atoms with Gasteiger partial charge in [0.2, 0.25) is 0 Å². The molecule has 1 heterocycles. The van der Waals surface area contributed by atoms with Crippen molar-refractivity contribution >= 4 is 11.3 Å². The summed E-state index contributed by atoms with van der Waals surface area (Å²) in [5.74, 6) is 0. The lowest BCUT2D eigenvalue weighted by Crippen LogP contribution is -2.36. The molecule has 0 unspecified atom stereocenters. The minimum absolute atomic E-state index is 0.0999. The van der Waals surface area contributed by atoms with Gasteiger partial charge in [-0.15, -0.1) is 11.3 Å². The van der Waals surface area contributed by atoms with E-state index in [1.165, 1.54) is 0 Å². The fourth-order valence-corrected chi connectivity index (χ4v) is 1.47. The highest BCUT2D eigenvalue weighted by Crippen LogP contribution is 2.07. The van der Waals surface area contributed by atoms with E-state index < -0.39 is 0 Å². The summed E-state index contributed by atoms with van der Waals surface area (Å²) in [4.78, 5) is 4.18. The lowest BCUT2D eigenvalue weighted by molar-refractivity contribution is 0.0230. The van der Waals surface area contributed by atoms with Crippen molar-refractivity contribution in [2.24, 2.45) is 0 Å². The molecule has 1 N–H and O–H groups in total. The summed E-state index contributed by atoms with van der Waals surface area (Å²) in [6.07, 6.45) is 1.82. The smallest absolute Gasteiger partial charge is 0.106 e. The maximum absolute atomic E-state index is 5.28. The molecule has 0 aliphatic rings. The van der Waals surface area contributed by atoms with E-state index in [2.05, 4.69) is 24.1 Å². The van der Waals surface area contributed by atoms with Gasteiger partial charge in [0.1, 0.15) is 5.01 Å². The van der Waals surface area contributed by atoms with Crippen LogP contribution < -0.4 is 5.32 Å². The normalized spacial score (nSPS) is 11.9. The number of rotatable bonds is 5. The predicted molar refractivity (Wildman–Crippen MR) is 54.9 cm³/mol. The molecule has 0 aromatic carbocycles. The van der Waals surface area contributed by atoms with Gasteiger partial charge in [-0.3, -0.25) is 0 Å². The number of aromatic nitrogens is 1. The van der Waals surface area contributed by atoms with Gasteiger partial charge in [-0.25, -0.2) is 4.98 Å². The van der Waals surface area contributed by atoms with Crippen LogP contribution in [0.15, 0.2) is 11.6 Å². The number of thiazole rings is 1. The molecule has 0 amide bonds. The first-order chi connectivity index (χ1) is 6.14. The van der Waals surface area contributed by atoms with Crippen LogP contribution in [0, 0.1) is 0 Å². The third kappa shape index (κ3) is 3.85. The molecule has 74 valence electrons. The summed E-state index contributed by atoms with van der Waals surface area (Å²) in [7, 11) is 1.73. The predicted octanol–water partition coefficient (Wildman–Crippen LogP) is 1.66. The average Bonchev–Trinajstić information content (AvgIpc) is 2.57. The van der Waals surface area contributed by atoms with E-state index >= 15 is 0 Å². The molecule has 1 rings (SSSR count). The van der Waals surface area contributed by atoms with Crippen LogP contribution in [0.25, 0.3) is 0 Å². The van der Waals surface area contributed by atoms with Gasteiger partial charge >= 0.3 is 0 Å². The fraction of sp³-hybridized carbons (Fsp3) is 0.667. The highest BCUT2D eigenvalue weighted by atomic mass is 32.1. The second kappa shape index (κ2) is 4.69. The number of hydrogen-bond acceptors (Lipinski definition) is 4. The molecule has 0 radical (unpaired) electrons. The van der Waals surface area contributed by atoms with E-state index in [1.807, 2.05) is 11.6 Å². The van der Waals surface area contributed by atoms with Crippen LogP contribution >= 0.6 is 11.3 Å². The number of nitrogens with one attached hydrogen (secondary N) is 1. The Morgan fingerprint density at radius 1 is 1.62 bits per heavy atom. The maximum atomic E-state index is 5.28. The Labute approximate surface area is 83.1 Å². The molecule has 1 aromatic rings. The van der Waals surface area contributed by atoms with Crippen molar-refractivity contribution in [1.82, 2.24) is 10.3 Å². The Balaban J connectivity index is 2.21. The molecule has 0 saturated carbocycles. The van der Waals surface area contributed by atoms with E-state index in [-0.39, 0.29) is 5.60 Å². The SMILES string of the molecule is COC(C)(C)CNCc1nccs1. The zero-order valence-corrected chi connectivity index (χ0v) is 9.15. The highest BCUT2D eigenvalue weighted by molar-refractivity contribution is 7.09. The molecule has 0 saturated heterocycles. The van der Waals surface area contributed by atoms with Gasteiger partial charge in [0.25, 0.3) is 0 Å². The van der Waals surface area contributed by atoms with Crippen molar-refractivity contribution in [3.8, 4) is 0 Å². The zero-order valence-electron chi connectivity index (χ0n) is 8.33. The molecule has 3 nitrogen and oxygen atoms in total. The van der Waals surface area contributed by atoms with Crippen molar-refractivity contribution in [2.45, 2.75) is 26.0 Å². The summed E-state index contributed by atoms with van der Waals surface area (Å²) in [6, 6.07) is 0. The fourth-order valence-electron chi connectivity index (χ4n) is 0.883. The Bertz CT molecular complexity index is 234. The first-order valence-electron chi connectivity index (χ1n) is 4.28. The van der Waals surface area contributed by atoms with Crippen molar-refractivity contribution in [3.63, 3.8) is 0 Å². The van der Waals surface area contributed by atoms with Gasteiger partial charge in [0.15, 0.2) is 0 Å². The molecule has 13 heavy (non-hydrogen) atoms. The van der Waals surface area contributed by atoms with Gasteiger partial charge in [0.05, 0.1) is 5.60 Å². The van der Waals surface area contributed by atoms with Gasteiger partial charge in [-0.1, -0.05) is 0 Å². The Morgan fingerprint density at radius 3 is 2.92 bits per heavy atom. The molecule has 0 bridgehead atoms. The van der Waals surface area contributed by atoms with Crippen LogP contribution in [0.3, 0.4) is 0 Å². The number of methoxy groups -OCH3 is 1. The standard InChI is InChI=1S/C9H16N2OS/c1-9(2,12-3)7-10-6-8-11-4-5-13-8/h4-5,10H,6-7H2,1-3H3. The monoisotopic (exact) mass is 200 g/mol. The van der Waals surface area contributed by atoms with Gasteiger partial charge < -0.3 is 10.1 Å². The summed E-state index contributed by atoms with van der Waals surface area (Å²) in [5, 5.41) is 6.40. The van der Waals surface area contributed by atoms with E-state index in [4.69, 9.17) is 4.74 Å². The van der Waals surface area contributed by atoms with Crippen molar-refractivity contribution < 1.29 is 4.74 Å². The van der Waals surface area contributed by atoms with Crippen LogP contribution in [0.4, 0.5) is 0 Å². The average molecular weight is 200 g/mol. The summed E-state index contributed by atoms with van der Waals surface area (Å²) in [5.41, 5.74) is -0.0999. The Morgan fingerprint density at radius 2 is 2.38 bits per heavy atom. The van der Waals surface area contributed by atoms with Crippen LogP contribution in [-0.2, 0) is 11.3 Å². The topological polar surface area (TPSA) is 34.1 Å². The number of hydrogen-bond donors (Lipinski definition) is 1. The van der Waals surface area contributed by atoms with E-state index in [0.717, 1.165) is 18.1 Å². The second-order valence-electron chi connectivity index (χ2n) is 3.49. The summed E-state index contributed by atoms with van der Waals surface area (Å²) in [6.45, 7) is 5.78. The van der Waals surface area contributed by atoms with Crippen molar-refractivity contribution in [1.29, 1.82) is 0 Å². The lowest BCUT2D eigenvalue weighted by Gasteiger charge is -2.22. The molecule has 0 aliphatic heterocycles. The van der Waals surface area contributed by atoms with Crippen LogP contribution in [0.5, 0.6) is 0 Å². The third-order valence-corrected chi connectivity index (χ3v) is 2.64. The van der Waals surface area contributed by atoms with Crippen molar-refractivity contribution in [2.75, 3.05) is 13.7 Å². The Hall–Kier alpha value is -0.450. The molecule has 0 aliphatic carbocycles. The number of ether oxygens (including phenoxy) is 1. The van der Waals surface area contributed by atoms with Crippen molar-refractivity contribution in [3.05, 3.63) is 16.6 Å². The molecular weight excluding hydrogens is 184 g/mol. The van der Waals surface area contributed by atoms with Gasteiger partial charge in [0, 0.05) is 31.8 Å². The second-order valence-corrected chi connectivity index (χ2v) is 4.47. The molecule has 0 fully saturated rings. The highest BCUT2D eigenvalue weighted by Gasteiger charge is 2.15. The summed E-state index contributed by atoms with van der Waals surface area (Å²) >= 11 is 1.67. The van der Waals surface area contributed by atoms with E-state index in [1.54, 1.807) is 18.4 Å². The minimum Gasteiger partial charge on any atom is -0.377 e. The first-order valence-corrected chi connectivity index (χ1v) is 5.16. The first kappa shape index (κ1) is 10.6. The van der Waals surface area contributed by atoms with E-state index in [0.29, 0.717) is 0 Å². The summed E-state index contributed by atoms with van der Waals surface area (Å²) < 4.78 is 5.28. The minimum atomic E-state index is -0.0999. The number of nitrogens with zero attached hydrogens (tertiary/aromatic N) is 1. The molecule has 1 aromatic heterocycles.